The average molecular weight is 322 g/mol. The first-order valence-electron chi connectivity index (χ1n) is 7.19. The number of hydrogen-bond donors (Lipinski definition) is 0. The van der Waals surface area contributed by atoms with Crippen molar-refractivity contribution in [2.45, 2.75) is 25.7 Å². The molecule has 1 amide bonds. The maximum absolute atomic E-state index is 12.6. The Morgan fingerprint density at radius 1 is 1.26 bits per heavy atom. The number of fused-ring (bicyclic) bond motifs is 1. The van der Waals surface area contributed by atoms with Crippen LogP contribution < -0.4 is 0 Å². The van der Waals surface area contributed by atoms with Crippen LogP contribution in [0.5, 0.6) is 0 Å². The second-order valence-electron chi connectivity index (χ2n) is 5.79. The Morgan fingerprint density at radius 3 is 2.58 bits per heavy atom. The van der Waals surface area contributed by atoms with E-state index in [4.69, 9.17) is 0 Å². The Hall–Kier alpha value is -0.830. The Bertz CT molecular complexity index is 449. The Morgan fingerprint density at radius 2 is 1.95 bits per heavy atom. The summed E-state index contributed by atoms with van der Waals surface area (Å²) in [6, 6.07) is 8.49. The van der Waals surface area contributed by atoms with Crippen molar-refractivity contribution in [3.05, 3.63) is 35.4 Å². The van der Waals surface area contributed by atoms with Crippen molar-refractivity contribution in [1.29, 1.82) is 0 Å². The molecule has 0 spiro atoms. The van der Waals surface area contributed by atoms with Crippen LogP contribution in [0.15, 0.2) is 24.3 Å². The van der Waals surface area contributed by atoms with Gasteiger partial charge in [-0.3, -0.25) is 4.79 Å². The van der Waals surface area contributed by atoms with Crippen LogP contribution in [0.25, 0.3) is 0 Å². The number of alkyl halides is 1. The third-order valence-corrected chi connectivity index (χ3v) is 4.97. The first-order chi connectivity index (χ1) is 9.28. The fraction of sp³-hybridized carbons (Fsp3) is 0.562. The van der Waals surface area contributed by atoms with Crippen LogP contribution in [-0.4, -0.2) is 29.2 Å². The predicted molar refractivity (Wildman–Crippen MR) is 80.4 cm³/mol. The number of carbonyl (C=O) groups is 1. The predicted octanol–water partition coefficient (Wildman–Crippen LogP) is 3.03. The molecule has 0 bridgehead atoms. The molecule has 2 nitrogen and oxygen atoms in total. The molecule has 3 rings (SSSR count). The lowest BCUT2D eigenvalue weighted by Gasteiger charge is -2.20. The van der Waals surface area contributed by atoms with Gasteiger partial charge in [0.15, 0.2) is 0 Å². The zero-order valence-electron chi connectivity index (χ0n) is 11.1. The Balaban J connectivity index is 1.61. The molecule has 1 unspecified atom stereocenters. The lowest BCUT2D eigenvalue weighted by atomic mass is 10.0. The molecule has 1 heterocycles. The van der Waals surface area contributed by atoms with E-state index in [-0.39, 0.29) is 5.92 Å². The number of carbonyl (C=O) groups excluding carboxylic acids is 1. The van der Waals surface area contributed by atoms with Gasteiger partial charge in [0.2, 0.25) is 5.91 Å². The van der Waals surface area contributed by atoms with Gasteiger partial charge in [0, 0.05) is 24.3 Å². The summed E-state index contributed by atoms with van der Waals surface area (Å²) in [6.45, 7) is 1.93. The first kappa shape index (κ1) is 13.2. The molecule has 1 atom stereocenters. The number of nitrogens with zero attached hydrogens (tertiary/aromatic N) is 1. The van der Waals surface area contributed by atoms with Crippen LogP contribution in [-0.2, 0) is 17.6 Å². The molecule has 3 heteroatoms. The summed E-state index contributed by atoms with van der Waals surface area (Å²) in [5.41, 5.74) is 2.74. The molecule has 19 heavy (non-hydrogen) atoms. The quantitative estimate of drug-likeness (QED) is 0.784. The van der Waals surface area contributed by atoms with Gasteiger partial charge in [0.1, 0.15) is 0 Å². The number of hydrogen-bond acceptors (Lipinski definition) is 1. The van der Waals surface area contributed by atoms with E-state index in [1.54, 1.807) is 0 Å². The van der Waals surface area contributed by atoms with Crippen molar-refractivity contribution in [2.75, 3.05) is 18.4 Å². The summed E-state index contributed by atoms with van der Waals surface area (Å²) in [5, 5.41) is 1.05. The van der Waals surface area contributed by atoms with Crippen LogP contribution in [0.1, 0.15) is 24.0 Å². The van der Waals surface area contributed by atoms with E-state index in [1.807, 2.05) is 0 Å². The minimum absolute atomic E-state index is 0.195. The summed E-state index contributed by atoms with van der Waals surface area (Å²) >= 11 is 3.50. The van der Waals surface area contributed by atoms with Gasteiger partial charge in [0.05, 0.1) is 0 Å². The number of benzene rings is 1. The summed E-state index contributed by atoms with van der Waals surface area (Å²) in [6.07, 6.45) is 4.24. The highest BCUT2D eigenvalue weighted by Crippen LogP contribution is 2.30. The van der Waals surface area contributed by atoms with Crippen LogP contribution in [0, 0.1) is 11.8 Å². The summed E-state index contributed by atoms with van der Waals surface area (Å²) in [4.78, 5) is 14.7. The number of likely N-dealkylation sites (tertiary alicyclic amines) is 1. The van der Waals surface area contributed by atoms with Crippen molar-refractivity contribution in [3.8, 4) is 0 Å². The molecule has 1 aromatic rings. The highest BCUT2D eigenvalue weighted by atomic mass is 79.9. The summed E-state index contributed by atoms with van der Waals surface area (Å²) in [7, 11) is 0. The molecule has 1 fully saturated rings. The molecule has 0 N–H and O–H groups in total. The van der Waals surface area contributed by atoms with E-state index in [1.165, 1.54) is 24.0 Å². The molecule has 2 aliphatic rings. The standard InChI is InChI=1S/C16H20BrNO/c17-7-5-12-6-8-18(11-12)16(19)15-9-13-3-1-2-4-14(13)10-15/h1-4,12,15H,5-11H2. The maximum Gasteiger partial charge on any atom is 0.226 e. The maximum atomic E-state index is 12.6. The van der Waals surface area contributed by atoms with Crippen molar-refractivity contribution in [3.63, 3.8) is 0 Å². The molecular formula is C16H20BrNO. The lowest BCUT2D eigenvalue weighted by molar-refractivity contribution is -0.134. The molecule has 0 aromatic heterocycles. The van der Waals surface area contributed by atoms with Crippen LogP contribution in [0.2, 0.25) is 0 Å². The van der Waals surface area contributed by atoms with Crippen molar-refractivity contribution >= 4 is 21.8 Å². The van der Waals surface area contributed by atoms with E-state index in [9.17, 15) is 4.79 Å². The van der Waals surface area contributed by atoms with Gasteiger partial charge in [-0.25, -0.2) is 0 Å². The smallest absolute Gasteiger partial charge is 0.226 e. The summed E-state index contributed by atoms with van der Waals surface area (Å²) in [5.74, 6) is 1.28. The van der Waals surface area contributed by atoms with Crippen LogP contribution in [0.4, 0.5) is 0 Å². The van der Waals surface area contributed by atoms with Gasteiger partial charge in [-0.2, -0.15) is 0 Å². The second-order valence-corrected chi connectivity index (χ2v) is 6.58. The second kappa shape index (κ2) is 5.66. The van der Waals surface area contributed by atoms with Crippen LogP contribution >= 0.6 is 15.9 Å². The van der Waals surface area contributed by atoms with Crippen molar-refractivity contribution in [1.82, 2.24) is 4.90 Å². The largest absolute Gasteiger partial charge is 0.342 e. The lowest BCUT2D eigenvalue weighted by Crippen LogP contribution is -2.34. The van der Waals surface area contributed by atoms with Gasteiger partial charge in [-0.05, 0) is 42.7 Å². The topological polar surface area (TPSA) is 20.3 Å². The molecule has 0 saturated carbocycles. The normalized spacial score (nSPS) is 22.8. The van der Waals surface area contributed by atoms with E-state index >= 15 is 0 Å². The molecule has 1 aliphatic heterocycles. The molecule has 1 aliphatic carbocycles. The van der Waals surface area contributed by atoms with Gasteiger partial charge < -0.3 is 4.90 Å². The molecular weight excluding hydrogens is 302 g/mol. The van der Waals surface area contributed by atoms with Crippen molar-refractivity contribution < 1.29 is 4.79 Å². The van der Waals surface area contributed by atoms with E-state index in [0.29, 0.717) is 11.8 Å². The van der Waals surface area contributed by atoms with E-state index < -0.39 is 0 Å². The number of rotatable bonds is 3. The number of halogens is 1. The van der Waals surface area contributed by atoms with Gasteiger partial charge >= 0.3 is 0 Å². The Labute approximate surface area is 123 Å². The van der Waals surface area contributed by atoms with Gasteiger partial charge in [0.25, 0.3) is 0 Å². The Kier molecular flexibility index (Phi) is 3.92. The monoisotopic (exact) mass is 321 g/mol. The molecule has 1 saturated heterocycles. The van der Waals surface area contributed by atoms with Crippen molar-refractivity contribution in [2.24, 2.45) is 11.8 Å². The zero-order valence-corrected chi connectivity index (χ0v) is 12.7. The van der Waals surface area contributed by atoms with Crippen LogP contribution in [0.3, 0.4) is 0 Å². The fourth-order valence-corrected chi connectivity index (χ4v) is 4.06. The van der Waals surface area contributed by atoms with E-state index in [2.05, 4.69) is 45.1 Å². The summed E-state index contributed by atoms with van der Waals surface area (Å²) < 4.78 is 0. The molecule has 0 radical (unpaired) electrons. The minimum atomic E-state index is 0.195. The third kappa shape index (κ3) is 2.71. The zero-order chi connectivity index (χ0) is 13.2. The molecule has 1 aromatic carbocycles. The third-order valence-electron chi connectivity index (χ3n) is 4.52. The average Bonchev–Trinajstić information content (AvgIpc) is 3.04. The highest BCUT2D eigenvalue weighted by molar-refractivity contribution is 9.09. The SMILES string of the molecule is O=C(C1Cc2ccccc2C1)N1CCC(CCBr)C1. The number of amides is 1. The van der Waals surface area contributed by atoms with E-state index in [0.717, 1.165) is 31.3 Å². The highest BCUT2D eigenvalue weighted by Gasteiger charge is 2.33. The molecule has 102 valence electrons. The fourth-order valence-electron chi connectivity index (χ4n) is 3.41. The van der Waals surface area contributed by atoms with Gasteiger partial charge in [-0.1, -0.05) is 40.2 Å². The minimum Gasteiger partial charge on any atom is -0.342 e. The first-order valence-corrected chi connectivity index (χ1v) is 8.31. The van der Waals surface area contributed by atoms with Gasteiger partial charge in [-0.15, -0.1) is 0 Å².